The number of allylic oxidation sites excluding steroid dienone is 1. The van der Waals surface area contributed by atoms with E-state index in [0.717, 1.165) is 24.6 Å². The van der Waals surface area contributed by atoms with E-state index in [0.29, 0.717) is 16.4 Å². The average molecular weight is 330 g/mol. The second-order valence-corrected chi connectivity index (χ2v) is 8.85. The number of hydrogen-bond acceptors (Lipinski definition) is 3. The fourth-order valence-corrected chi connectivity index (χ4v) is 6.14. The molecule has 0 heterocycles. The largest absolute Gasteiger partial charge is 0.305 e. The molecule has 0 aliphatic heterocycles. The first-order chi connectivity index (χ1) is 10.7. The molecular weight excluding hydrogens is 311 g/mol. The quantitative estimate of drug-likeness (QED) is 0.415. The normalized spacial score (nSPS) is 11.1. The Morgan fingerprint density at radius 3 is 1.95 bits per heavy atom. The summed E-state index contributed by atoms with van der Waals surface area (Å²) in [5.74, 6) is 0.661. The number of unbranched alkanes of at least 4 members (excludes halogenated alkanes) is 1. The van der Waals surface area contributed by atoms with Crippen molar-refractivity contribution < 1.29 is 9.36 Å². The molecule has 2 aromatic carbocycles. The SMILES string of the molecule is C=CCCCSC(=O)P(=O)(c1ccccc1)c1ccccc1. The predicted molar refractivity (Wildman–Crippen MR) is 97.0 cm³/mol. The minimum absolute atomic E-state index is 0.242. The lowest BCUT2D eigenvalue weighted by Gasteiger charge is -2.17. The summed E-state index contributed by atoms with van der Waals surface area (Å²) in [6, 6.07) is 18.1. The lowest BCUT2D eigenvalue weighted by Crippen LogP contribution is -2.20. The van der Waals surface area contributed by atoms with Gasteiger partial charge in [0.1, 0.15) is 0 Å². The summed E-state index contributed by atoms with van der Waals surface area (Å²) in [7, 11) is -3.27. The molecule has 0 aromatic heterocycles. The molecule has 0 amide bonds. The standard InChI is InChI=1S/C18H19O2PS/c1-2-3-10-15-22-18(19)21(20,16-11-6-4-7-12-16)17-13-8-5-9-14-17/h2,4-9,11-14H,1,3,10,15H2. The van der Waals surface area contributed by atoms with Crippen molar-refractivity contribution in [1.29, 1.82) is 0 Å². The Hall–Kier alpha value is -1.57. The highest BCUT2D eigenvalue weighted by Crippen LogP contribution is 2.48. The molecule has 0 atom stereocenters. The van der Waals surface area contributed by atoms with Crippen molar-refractivity contribution in [3.63, 3.8) is 0 Å². The van der Waals surface area contributed by atoms with Crippen molar-refractivity contribution in [2.45, 2.75) is 12.8 Å². The number of rotatable bonds is 7. The van der Waals surface area contributed by atoms with Crippen molar-refractivity contribution in [3.05, 3.63) is 73.3 Å². The van der Waals surface area contributed by atoms with Crippen LogP contribution in [0, 0.1) is 0 Å². The summed E-state index contributed by atoms with van der Waals surface area (Å²) >= 11 is 1.16. The van der Waals surface area contributed by atoms with E-state index in [4.69, 9.17) is 0 Å². The third-order valence-corrected chi connectivity index (χ3v) is 7.74. The smallest absolute Gasteiger partial charge is 0.256 e. The van der Waals surface area contributed by atoms with Crippen LogP contribution in [-0.2, 0) is 4.57 Å². The molecule has 2 aromatic rings. The zero-order valence-electron chi connectivity index (χ0n) is 12.4. The Bertz CT molecular complexity index is 625. The van der Waals surface area contributed by atoms with Gasteiger partial charge >= 0.3 is 0 Å². The molecule has 0 spiro atoms. The molecule has 0 N–H and O–H groups in total. The van der Waals surface area contributed by atoms with Gasteiger partial charge in [0.15, 0.2) is 0 Å². The van der Waals surface area contributed by atoms with Gasteiger partial charge in [-0.3, -0.25) is 4.79 Å². The monoisotopic (exact) mass is 330 g/mol. The molecule has 2 nitrogen and oxygen atoms in total. The van der Waals surface area contributed by atoms with Gasteiger partial charge in [-0.1, -0.05) is 78.5 Å². The van der Waals surface area contributed by atoms with E-state index in [9.17, 15) is 9.36 Å². The minimum Gasteiger partial charge on any atom is -0.305 e. The van der Waals surface area contributed by atoms with Crippen molar-refractivity contribution >= 4 is 34.4 Å². The van der Waals surface area contributed by atoms with E-state index >= 15 is 0 Å². The lowest BCUT2D eigenvalue weighted by molar-refractivity contribution is 0.275. The van der Waals surface area contributed by atoms with Gasteiger partial charge in [-0.2, -0.15) is 0 Å². The first-order valence-corrected chi connectivity index (χ1v) is 9.88. The maximum Gasteiger partial charge on any atom is 0.256 e. The average Bonchev–Trinajstić information content (AvgIpc) is 2.59. The predicted octanol–water partition coefficient (Wildman–Crippen LogP) is 4.82. The third kappa shape index (κ3) is 3.79. The molecule has 0 saturated carbocycles. The molecule has 0 aliphatic rings. The van der Waals surface area contributed by atoms with Crippen LogP contribution < -0.4 is 10.6 Å². The molecule has 0 bridgehead atoms. The summed E-state index contributed by atoms with van der Waals surface area (Å²) in [6.45, 7) is 3.67. The maximum absolute atomic E-state index is 13.6. The first-order valence-electron chi connectivity index (χ1n) is 7.19. The topological polar surface area (TPSA) is 34.1 Å². The summed E-state index contributed by atoms with van der Waals surface area (Å²) in [6.07, 6.45) is 3.56. The van der Waals surface area contributed by atoms with Gasteiger partial charge < -0.3 is 4.57 Å². The molecule has 2 rings (SSSR count). The van der Waals surface area contributed by atoms with Gasteiger partial charge in [-0.25, -0.2) is 0 Å². The number of benzene rings is 2. The van der Waals surface area contributed by atoms with Gasteiger partial charge in [-0.05, 0) is 12.8 Å². The van der Waals surface area contributed by atoms with E-state index in [1.807, 2.05) is 42.5 Å². The highest BCUT2D eigenvalue weighted by molar-refractivity contribution is 8.29. The molecule has 0 unspecified atom stereocenters. The van der Waals surface area contributed by atoms with Crippen LogP contribution in [-0.4, -0.2) is 10.6 Å². The van der Waals surface area contributed by atoms with Gasteiger partial charge in [0.25, 0.3) is 4.86 Å². The number of carbonyl (C=O) groups is 1. The Labute approximate surface area is 136 Å². The van der Waals surface area contributed by atoms with Gasteiger partial charge in [0.05, 0.1) is 0 Å². The molecule has 22 heavy (non-hydrogen) atoms. The molecule has 0 radical (unpaired) electrons. The Balaban J connectivity index is 2.33. The van der Waals surface area contributed by atoms with Crippen molar-refractivity contribution in [2.75, 3.05) is 5.75 Å². The zero-order chi connectivity index (χ0) is 15.8. The Morgan fingerprint density at radius 1 is 1.00 bits per heavy atom. The van der Waals surface area contributed by atoms with Crippen LogP contribution in [0.15, 0.2) is 73.3 Å². The van der Waals surface area contributed by atoms with Crippen LogP contribution >= 0.6 is 18.9 Å². The van der Waals surface area contributed by atoms with Gasteiger partial charge in [-0.15, -0.1) is 6.58 Å². The summed E-state index contributed by atoms with van der Waals surface area (Å²) < 4.78 is 13.6. The molecule has 0 saturated heterocycles. The van der Waals surface area contributed by atoms with Crippen LogP contribution in [0.4, 0.5) is 4.79 Å². The fourth-order valence-electron chi connectivity index (χ4n) is 2.11. The zero-order valence-corrected chi connectivity index (χ0v) is 14.1. The second-order valence-electron chi connectivity index (χ2n) is 4.83. The first kappa shape index (κ1) is 16.8. The number of carbonyl (C=O) groups excluding carboxylic acids is 1. The van der Waals surface area contributed by atoms with Crippen LogP contribution in [0.5, 0.6) is 0 Å². The molecule has 0 aliphatic carbocycles. The third-order valence-electron chi connectivity index (χ3n) is 3.27. The molecule has 4 heteroatoms. The van der Waals surface area contributed by atoms with Crippen molar-refractivity contribution in [2.24, 2.45) is 0 Å². The van der Waals surface area contributed by atoms with E-state index in [1.54, 1.807) is 24.3 Å². The van der Waals surface area contributed by atoms with Crippen LogP contribution in [0.2, 0.25) is 0 Å². The highest BCUT2D eigenvalue weighted by Gasteiger charge is 2.35. The highest BCUT2D eigenvalue weighted by atomic mass is 32.2. The minimum atomic E-state index is -3.27. The van der Waals surface area contributed by atoms with E-state index in [2.05, 4.69) is 6.58 Å². The maximum atomic E-state index is 13.6. The molecule has 0 fully saturated rings. The van der Waals surface area contributed by atoms with Gasteiger partial charge in [0, 0.05) is 16.4 Å². The van der Waals surface area contributed by atoms with Gasteiger partial charge in [0.2, 0.25) is 7.14 Å². The number of hydrogen-bond donors (Lipinski definition) is 0. The molecular formula is C18H19O2PS. The van der Waals surface area contributed by atoms with Crippen molar-refractivity contribution in [3.8, 4) is 0 Å². The van der Waals surface area contributed by atoms with E-state index in [-0.39, 0.29) is 4.86 Å². The van der Waals surface area contributed by atoms with Crippen LogP contribution in [0.3, 0.4) is 0 Å². The van der Waals surface area contributed by atoms with Crippen molar-refractivity contribution in [1.82, 2.24) is 0 Å². The summed E-state index contributed by atoms with van der Waals surface area (Å²) in [5, 5.41) is 1.20. The Morgan fingerprint density at radius 2 is 1.50 bits per heavy atom. The fraction of sp³-hybridized carbons (Fsp3) is 0.167. The Kier molecular flexibility index (Phi) is 6.23. The van der Waals surface area contributed by atoms with Crippen LogP contribution in [0.25, 0.3) is 0 Å². The summed E-state index contributed by atoms with van der Waals surface area (Å²) in [5.41, 5.74) is 0. The van der Waals surface area contributed by atoms with E-state index in [1.165, 1.54) is 0 Å². The van der Waals surface area contributed by atoms with E-state index < -0.39 is 7.14 Å². The lowest BCUT2D eigenvalue weighted by atomic mass is 10.3. The number of thioether (sulfide) groups is 1. The second kappa shape index (κ2) is 8.17. The van der Waals surface area contributed by atoms with Crippen LogP contribution in [0.1, 0.15) is 12.8 Å². The summed E-state index contributed by atoms with van der Waals surface area (Å²) in [4.78, 5) is 12.5. The molecule has 114 valence electrons.